The molecule has 0 spiro atoms. The number of thiazole rings is 1. The van der Waals surface area contributed by atoms with E-state index in [-0.39, 0.29) is 6.04 Å². The molecule has 1 unspecified atom stereocenters. The van der Waals surface area contributed by atoms with Gasteiger partial charge in [-0.15, -0.1) is 11.3 Å². The molecule has 2 aromatic rings. The Morgan fingerprint density at radius 3 is 3.00 bits per heavy atom. The summed E-state index contributed by atoms with van der Waals surface area (Å²) in [7, 11) is 0. The Bertz CT molecular complexity index is 456. The van der Waals surface area contributed by atoms with E-state index in [2.05, 4.69) is 51.4 Å². The molecule has 2 rings (SSSR count). The summed E-state index contributed by atoms with van der Waals surface area (Å²) in [6, 6.07) is 8.59. The van der Waals surface area contributed by atoms with Crippen molar-refractivity contribution >= 4 is 27.3 Å². The first kappa shape index (κ1) is 12.7. The van der Waals surface area contributed by atoms with Crippen LogP contribution in [0, 0.1) is 0 Å². The number of benzene rings is 1. The monoisotopic (exact) mass is 310 g/mol. The van der Waals surface area contributed by atoms with Crippen LogP contribution in [0.5, 0.6) is 0 Å². The van der Waals surface area contributed by atoms with Crippen LogP contribution < -0.4 is 5.32 Å². The number of aromatic nitrogens is 1. The van der Waals surface area contributed by atoms with Crippen molar-refractivity contribution < 1.29 is 0 Å². The van der Waals surface area contributed by atoms with Crippen molar-refractivity contribution in [1.29, 1.82) is 0 Å². The minimum atomic E-state index is 0.201. The molecule has 2 nitrogen and oxygen atoms in total. The SMILES string of the molecule is CCCNC(c1cccc(Br)c1)c1nccs1. The standard InChI is InChI=1S/C13H15BrN2S/c1-2-6-15-12(13-16-7-8-17-13)10-4-3-5-11(14)9-10/h3-5,7-9,12,15H,2,6H2,1H3. The lowest BCUT2D eigenvalue weighted by Crippen LogP contribution is -2.23. The van der Waals surface area contributed by atoms with Crippen LogP contribution >= 0.6 is 27.3 Å². The molecule has 0 aliphatic heterocycles. The van der Waals surface area contributed by atoms with E-state index >= 15 is 0 Å². The fourth-order valence-electron chi connectivity index (χ4n) is 1.70. The summed E-state index contributed by atoms with van der Waals surface area (Å²) >= 11 is 5.21. The van der Waals surface area contributed by atoms with Crippen molar-refractivity contribution in [2.75, 3.05) is 6.54 Å². The summed E-state index contributed by atoms with van der Waals surface area (Å²) in [5, 5.41) is 6.69. The quantitative estimate of drug-likeness (QED) is 0.903. The average molecular weight is 311 g/mol. The van der Waals surface area contributed by atoms with Crippen LogP contribution in [0.3, 0.4) is 0 Å². The van der Waals surface area contributed by atoms with E-state index in [4.69, 9.17) is 0 Å². The van der Waals surface area contributed by atoms with Crippen LogP contribution in [-0.4, -0.2) is 11.5 Å². The van der Waals surface area contributed by atoms with Gasteiger partial charge in [0.05, 0.1) is 6.04 Å². The zero-order chi connectivity index (χ0) is 12.1. The molecule has 1 heterocycles. The van der Waals surface area contributed by atoms with Gasteiger partial charge in [-0.2, -0.15) is 0 Å². The summed E-state index contributed by atoms with van der Waals surface area (Å²) in [5.41, 5.74) is 1.25. The second-order valence-corrected chi connectivity index (χ2v) is 5.65. The van der Waals surface area contributed by atoms with Gasteiger partial charge in [-0.1, -0.05) is 35.0 Å². The first-order valence-electron chi connectivity index (χ1n) is 5.69. The minimum Gasteiger partial charge on any atom is -0.304 e. The van der Waals surface area contributed by atoms with Crippen molar-refractivity contribution in [3.63, 3.8) is 0 Å². The largest absolute Gasteiger partial charge is 0.304 e. The second kappa shape index (κ2) is 6.28. The van der Waals surface area contributed by atoms with Gasteiger partial charge < -0.3 is 5.32 Å². The molecule has 17 heavy (non-hydrogen) atoms. The van der Waals surface area contributed by atoms with Gasteiger partial charge in [0, 0.05) is 16.0 Å². The van der Waals surface area contributed by atoms with Crippen molar-refractivity contribution in [3.05, 3.63) is 50.9 Å². The van der Waals surface area contributed by atoms with Crippen LogP contribution in [0.4, 0.5) is 0 Å². The van der Waals surface area contributed by atoms with Crippen LogP contribution in [0.25, 0.3) is 0 Å². The van der Waals surface area contributed by atoms with Gasteiger partial charge in [-0.05, 0) is 30.7 Å². The smallest absolute Gasteiger partial charge is 0.114 e. The first-order chi connectivity index (χ1) is 8.31. The number of nitrogens with one attached hydrogen (secondary N) is 1. The predicted octanol–water partition coefficient (Wildman–Crippen LogP) is 3.99. The van der Waals surface area contributed by atoms with Crippen LogP contribution in [0.15, 0.2) is 40.3 Å². The van der Waals surface area contributed by atoms with E-state index in [1.54, 1.807) is 11.3 Å². The Hall–Kier alpha value is -0.710. The predicted molar refractivity (Wildman–Crippen MR) is 76.4 cm³/mol. The van der Waals surface area contributed by atoms with Gasteiger partial charge in [0.2, 0.25) is 0 Å². The minimum absolute atomic E-state index is 0.201. The third-order valence-corrected chi connectivity index (χ3v) is 3.81. The van der Waals surface area contributed by atoms with E-state index < -0.39 is 0 Å². The van der Waals surface area contributed by atoms with Gasteiger partial charge in [0.15, 0.2) is 0 Å². The van der Waals surface area contributed by atoms with Gasteiger partial charge in [0.25, 0.3) is 0 Å². The maximum atomic E-state index is 4.42. The Morgan fingerprint density at radius 2 is 2.35 bits per heavy atom. The highest BCUT2D eigenvalue weighted by atomic mass is 79.9. The summed E-state index contributed by atoms with van der Waals surface area (Å²) in [6.07, 6.45) is 2.98. The van der Waals surface area contributed by atoms with Crippen molar-refractivity contribution in [3.8, 4) is 0 Å². The molecule has 0 saturated carbocycles. The summed E-state index contributed by atoms with van der Waals surface area (Å²) in [5.74, 6) is 0. The molecule has 1 aromatic heterocycles. The fraction of sp³-hybridized carbons (Fsp3) is 0.308. The summed E-state index contributed by atoms with van der Waals surface area (Å²) in [4.78, 5) is 4.42. The molecule has 4 heteroatoms. The third-order valence-electron chi connectivity index (χ3n) is 2.48. The van der Waals surface area contributed by atoms with Gasteiger partial charge in [-0.25, -0.2) is 4.98 Å². The van der Waals surface area contributed by atoms with E-state index in [0.29, 0.717) is 0 Å². The molecule has 1 aromatic carbocycles. The second-order valence-electron chi connectivity index (χ2n) is 3.81. The van der Waals surface area contributed by atoms with Gasteiger partial charge in [0.1, 0.15) is 5.01 Å². The Kier molecular flexibility index (Phi) is 4.71. The van der Waals surface area contributed by atoms with E-state index in [1.165, 1.54) is 5.56 Å². The highest BCUT2D eigenvalue weighted by Gasteiger charge is 2.15. The maximum Gasteiger partial charge on any atom is 0.114 e. The van der Waals surface area contributed by atoms with Crippen LogP contribution in [0.2, 0.25) is 0 Å². The van der Waals surface area contributed by atoms with Gasteiger partial charge in [-0.3, -0.25) is 0 Å². The molecule has 0 radical (unpaired) electrons. The molecule has 0 aliphatic carbocycles. The number of nitrogens with zero attached hydrogens (tertiary/aromatic N) is 1. The molecule has 0 amide bonds. The number of halogens is 1. The third kappa shape index (κ3) is 3.37. The Labute approximate surface area is 114 Å². The van der Waals surface area contributed by atoms with E-state index in [9.17, 15) is 0 Å². The van der Waals surface area contributed by atoms with Crippen molar-refractivity contribution in [2.45, 2.75) is 19.4 Å². The van der Waals surface area contributed by atoms with E-state index in [1.807, 2.05) is 17.6 Å². The molecule has 0 fully saturated rings. The zero-order valence-corrected chi connectivity index (χ0v) is 12.1. The van der Waals surface area contributed by atoms with Crippen molar-refractivity contribution in [1.82, 2.24) is 10.3 Å². The molecule has 90 valence electrons. The Morgan fingerprint density at radius 1 is 1.47 bits per heavy atom. The summed E-state index contributed by atoms with van der Waals surface area (Å²) in [6.45, 7) is 3.17. The highest BCUT2D eigenvalue weighted by molar-refractivity contribution is 9.10. The molecular formula is C13H15BrN2S. The summed E-state index contributed by atoms with van der Waals surface area (Å²) < 4.78 is 1.11. The molecular weight excluding hydrogens is 296 g/mol. The van der Waals surface area contributed by atoms with Crippen LogP contribution in [0.1, 0.15) is 30.0 Å². The highest BCUT2D eigenvalue weighted by Crippen LogP contribution is 2.25. The van der Waals surface area contributed by atoms with E-state index in [0.717, 1.165) is 22.4 Å². The molecule has 0 saturated heterocycles. The van der Waals surface area contributed by atoms with Gasteiger partial charge >= 0.3 is 0 Å². The first-order valence-corrected chi connectivity index (χ1v) is 7.36. The number of hydrogen-bond donors (Lipinski definition) is 1. The zero-order valence-electron chi connectivity index (χ0n) is 9.69. The number of hydrogen-bond acceptors (Lipinski definition) is 3. The number of rotatable bonds is 5. The van der Waals surface area contributed by atoms with Crippen LogP contribution in [-0.2, 0) is 0 Å². The normalized spacial score (nSPS) is 12.6. The lowest BCUT2D eigenvalue weighted by Gasteiger charge is -2.16. The fourth-order valence-corrected chi connectivity index (χ4v) is 2.85. The molecule has 0 aliphatic rings. The molecule has 1 N–H and O–H groups in total. The lowest BCUT2D eigenvalue weighted by atomic mass is 10.1. The molecule has 1 atom stereocenters. The molecule has 0 bridgehead atoms. The lowest BCUT2D eigenvalue weighted by molar-refractivity contribution is 0.596. The van der Waals surface area contributed by atoms with Crippen molar-refractivity contribution in [2.24, 2.45) is 0 Å². The maximum absolute atomic E-state index is 4.42. The average Bonchev–Trinajstić information content (AvgIpc) is 2.83. The Balaban J connectivity index is 2.27. The topological polar surface area (TPSA) is 24.9 Å².